The van der Waals surface area contributed by atoms with E-state index in [1.807, 2.05) is 42.5 Å². The summed E-state index contributed by atoms with van der Waals surface area (Å²) in [6.45, 7) is 3.99. The summed E-state index contributed by atoms with van der Waals surface area (Å²) >= 11 is 0. The molecule has 0 saturated heterocycles. The van der Waals surface area contributed by atoms with E-state index in [0.29, 0.717) is 25.7 Å². The minimum atomic E-state index is -4.82. The van der Waals surface area contributed by atoms with Crippen molar-refractivity contribution in [3.8, 4) is 0 Å². The number of phosphoric ester groups is 1. The molecule has 0 aliphatic heterocycles. The zero-order valence-electron chi connectivity index (χ0n) is 47.5. The van der Waals surface area contributed by atoms with Crippen LogP contribution in [0, 0.1) is 0 Å². The average molecular weight is 1100 g/mol. The number of esters is 3. The van der Waals surface area contributed by atoms with E-state index in [1.165, 1.54) is 0 Å². The molecule has 0 radical (unpaired) electrons. The number of rotatable bonds is 49. The number of allylic oxidation sites excluding steroid dienone is 31. The molecule has 432 valence electrons. The maximum absolute atomic E-state index is 12.9. The first-order valence-electron chi connectivity index (χ1n) is 28.3. The van der Waals surface area contributed by atoms with Crippen LogP contribution in [0.2, 0.25) is 0 Å². The topological polar surface area (TPSA) is 155 Å². The van der Waals surface area contributed by atoms with E-state index < -0.39 is 64.4 Å². The van der Waals surface area contributed by atoms with Gasteiger partial charge >= 0.3 is 25.7 Å². The quantitative estimate of drug-likeness (QED) is 0.0197. The van der Waals surface area contributed by atoms with Crippen LogP contribution in [0.5, 0.6) is 0 Å². The van der Waals surface area contributed by atoms with Gasteiger partial charge in [0, 0.05) is 12.8 Å². The predicted molar refractivity (Wildman–Crippen MR) is 324 cm³/mol. The van der Waals surface area contributed by atoms with E-state index in [0.717, 1.165) is 96.3 Å². The number of hydrogen-bond acceptors (Lipinski definition) is 10. The van der Waals surface area contributed by atoms with Crippen LogP contribution in [-0.4, -0.2) is 66.5 Å². The molecule has 0 saturated carbocycles. The Balaban J connectivity index is 5.04. The number of unbranched alkanes of at least 4 members (excludes halogenated alkanes) is 1. The van der Waals surface area contributed by atoms with Gasteiger partial charge in [-0.25, -0.2) is 4.57 Å². The SMILES string of the molecule is CC/C=C\C/C=C\C/C=C\C/C=C\C/C=C\C/C=C\CCC(=O)OCC(COP(=O)(O)OCC(CO)OC(=O)C/C=C\C/C=C\C/C=C\C/C=C\C/C=C\CC)OC(=O)CCC/C=C\C/C=C\C/C=C\C/C=C\C/C=C\CC. The summed E-state index contributed by atoms with van der Waals surface area (Å²) in [6, 6.07) is 0. The third kappa shape index (κ3) is 55.1. The Bertz CT molecular complexity index is 2050. The molecule has 78 heavy (non-hydrogen) atoms. The Labute approximate surface area is 471 Å². The van der Waals surface area contributed by atoms with E-state index in [1.54, 1.807) is 6.08 Å². The van der Waals surface area contributed by atoms with Crippen LogP contribution in [0.1, 0.15) is 162 Å². The van der Waals surface area contributed by atoms with E-state index in [4.69, 9.17) is 23.3 Å². The summed E-state index contributed by atoms with van der Waals surface area (Å²) in [5.41, 5.74) is 0. The van der Waals surface area contributed by atoms with Gasteiger partial charge < -0.3 is 24.2 Å². The van der Waals surface area contributed by atoms with Crippen molar-refractivity contribution in [3.63, 3.8) is 0 Å². The van der Waals surface area contributed by atoms with Gasteiger partial charge in [0.05, 0.1) is 26.2 Å². The molecule has 0 aromatic heterocycles. The molecule has 11 nitrogen and oxygen atoms in total. The summed E-state index contributed by atoms with van der Waals surface area (Å²) in [5, 5.41) is 9.79. The molecule has 0 aliphatic rings. The summed E-state index contributed by atoms with van der Waals surface area (Å²) in [5.74, 6) is -1.81. The van der Waals surface area contributed by atoms with Gasteiger partial charge in [-0.15, -0.1) is 0 Å². The Kier molecular flexibility index (Phi) is 53.3. The summed E-state index contributed by atoms with van der Waals surface area (Å²) in [7, 11) is -4.82. The Morgan fingerprint density at radius 3 is 1.04 bits per heavy atom. The van der Waals surface area contributed by atoms with Gasteiger partial charge in [0.2, 0.25) is 0 Å². The molecule has 12 heteroatoms. The van der Waals surface area contributed by atoms with Crippen LogP contribution >= 0.6 is 7.82 Å². The second-order valence-electron chi connectivity index (χ2n) is 17.6. The second kappa shape index (κ2) is 57.5. The van der Waals surface area contributed by atoms with Crippen LogP contribution in [0.15, 0.2) is 194 Å². The first-order chi connectivity index (χ1) is 38.2. The van der Waals surface area contributed by atoms with Crippen LogP contribution in [0.4, 0.5) is 0 Å². The van der Waals surface area contributed by atoms with Crippen molar-refractivity contribution in [1.29, 1.82) is 0 Å². The fourth-order valence-corrected chi connectivity index (χ4v) is 7.16. The van der Waals surface area contributed by atoms with Crippen LogP contribution < -0.4 is 0 Å². The number of aliphatic hydroxyl groups is 1. The summed E-state index contributed by atoms with van der Waals surface area (Å²) in [6.07, 6.45) is 80.2. The minimum Gasteiger partial charge on any atom is -0.462 e. The maximum atomic E-state index is 12.9. The third-order valence-corrected chi connectivity index (χ3v) is 11.5. The Morgan fingerprint density at radius 2 is 0.679 bits per heavy atom. The van der Waals surface area contributed by atoms with Gasteiger partial charge in [-0.1, -0.05) is 215 Å². The maximum Gasteiger partial charge on any atom is 0.472 e. The Hall–Kier alpha value is -5.68. The molecular weight excluding hydrogens is 1000 g/mol. The van der Waals surface area contributed by atoms with Crippen molar-refractivity contribution in [3.05, 3.63) is 194 Å². The molecule has 2 N–H and O–H groups in total. The first-order valence-corrected chi connectivity index (χ1v) is 29.8. The van der Waals surface area contributed by atoms with Crippen LogP contribution in [0.25, 0.3) is 0 Å². The molecule has 0 aliphatic carbocycles. The number of aliphatic hydroxyl groups excluding tert-OH is 1. The fourth-order valence-electron chi connectivity index (χ4n) is 6.37. The average Bonchev–Trinajstić information content (AvgIpc) is 3.43. The van der Waals surface area contributed by atoms with Crippen molar-refractivity contribution < 1.29 is 52.2 Å². The Morgan fingerprint density at radius 1 is 0.372 bits per heavy atom. The molecule has 0 aromatic carbocycles. The molecule has 3 atom stereocenters. The van der Waals surface area contributed by atoms with Crippen LogP contribution in [0.3, 0.4) is 0 Å². The first kappa shape index (κ1) is 72.3. The minimum absolute atomic E-state index is 0.0535. The van der Waals surface area contributed by atoms with Crippen LogP contribution in [-0.2, 0) is 42.2 Å². The lowest BCUT2D eigenvalue weighted by Gasteiger charge is -2.21. The van der Waals surface area contributed by atoms with Gasteiger partial charge in [-0.05, 0) is 122 Å². The molecule has 0 amide bonds. The number of phosphoric acid groups is 1. The molecule has 0 aromatic rings. The van der Waals surface area contributed by atoms with E-state index in [-0.39, 0.29) is 19.3 Å². The number of hydrogen-bond donors (Lipinski definition) is 2. The lowest BCUT2D eigenvalue weighted by molar-refractivity contribution is -0.161. The summed E-state index contributed by atoms with van der Waals surface area (Å²) < 4.78 is 39.2. The number of ether oxygens (including phenoxy) is 3. The zero-order chi connectivity index (χ0) is 56.9. The second-order valence-corrected chi connectivity index (χ2v) is 19.1. The third-order valence-electron chi connectivity index (χ3n) is 10.5. The van der Waals surface area contributed by atoms with E-state index in [9.17, 15) is 28.9 Å². The van der Waals surface area contributed by atoms with Crippen molar-refractivity contribution in [2.75, 3.05) is 26.4 Å². The lowest BCUT2D eigenvalue weighted by Crippen LogP contribution is -2.30. The highest BCUT2D eigenvalue weighted by molar-refractivity contribution is 7.47. The van der Waals surface area contributed by atoms with Gasteiger partial charge in [-0.3, -0.25) is 23.4 Å². The molecule has 3 unspecified atom stereocenters. The van der Waals surface area contributed by atoms with Gasteiger partial charge in [0.25, 0.3) is 0 Å². The molecular formula is C66H97O11P. The standard InChI is InChI=1S/C66H97O11P/c1-4-7-10-13-16-19-22-25-28-30-31-33-35-37-40-43-46-49-52-55-64(68)73-59-63(77-66(70)57-54-51-48-45-42-39-36-32-29-26-23-20-17-14-11-8-5-2)61-75-78(71,72)74-60-62(58-67)76-65(69)56-53-50-47-44-41-38-34-27-24-21-18-15-12-9-6-3/h7-12,16-21,25-29,31,33-34,36-37,39-41,44-46,48-50,53,62-63,67H,4-6,13-15,22-24,30,32,35,38,42-43,47,51-52,54-61H2,1-3H3,(H,71,72)/b10-7-,11-8-,12-9-,19-16-,20-17-,21-18-,28-25-,29-26-,33-31-,34-27-,39-36-,40-37-,44-41-,48-45-,49-46-,53-50-. The van der Waals surface area contributed by atoms with Crippen molar-refractivity contribution >= 4 is 25.7 Å². The monoisotopic (exact) mass is 1100 g/mol. The largest absolute Gasteiger partial charge is 0.472 e. The number of carbonyl (C=O) groups excluding carboxylic acids is 3. The summed E-state index contributed by atoms with van der Waals surface area (Å²) in [4.78, 5) is 48.4. The molecule has 0 heterocycles. The highest BCUT2D eigenvalue weighted by Crippen LogP contribution is 2.43. The highest BCUT2D eigenvalue weighted by Gasteiger charge is 2.28. The van der Waals surface area contributed by atoms with E-state index in [2.05, 4.69) is 167 Å². The van der Waals surface area contributed by atoms with Gasteiger partial charge in [-0.2, -0.15) is 0 Å². The normalized spacial score (nSPS) is 14.8. The van der Waals surface area contributed by atoms with E-state index >= 15 is 0 Å². The molecule has 0 bridgehead atoms. The highest BCUT2D eigenvalue weighted by atomic mass is 31.2. The fraction of sp³-hybridized carbons (Fsp3) is 0.470. The predicted octanol–water partition coefficient (Wildman–Crippen LogP) is 17.0. The van der Waals surface area contributed by atoms with Gasteiger partial charge in [0.15, 0.2) is 6.10 Å². The molecule has 0 fully saturated rings. The smallest absolute Gasteiger partial charge is 0.462 e. The molecule has 0 spiro atoms. The van der Waals surface area contributed by atoms with Gasteiger partial charge in [0.1, 0.15) is 12.7 Å². The lowest BCUT2D eigenvalue weighted by atomic mass is 10.2. The van der Waals surface area contributed by atoms with Crippen molar-refractivity contribution in [1.82, 2.24) is 0 Å². The van der Waals surface area contributed by atoms with Crippen molar-refractivity contribution in [2.24, 2.45) is 0 Å². The van der Waals surface area contributed by atoms with Crippen molar-refractivity contribution in [2.45, 2.75) is 174 Å². The zero-order valence-corrected chi connectivity index (χ0v) is 48.4. The number of carbonyl (C=O) groups is 3. The molecule has 0 rings (SSSR count).